The molecular weight excluding hydrogens is 372 g/mol. The quantitative estimate of drug-likeness (QED) is 0.723. The molecule has 2 aliphatic rings. The Balaban J connectivity index is 1.40. The summed E-state index contributed by atoms with van der Waals surface area (Å²) >= 11 is 0. The Morgan fingerprint density at radius 2 is 2.21 bits per heavy atom. The highest BCUT2D eigenvalue weighted by molar-refractivity contribution is 5.93. The number of amides is 1. The van der Waals surface area contributed by atoms with E-state index in [4.69, 9.17) is 9.26 Å². The molecule has 29 heavy (non-hydrogen) atoms. The number of nitrogens with one attached hydrogen (secondary N) is 1. The Morgan fingerprint density at radius 3 is 3.10 bits per heavy atom. The van der Waals surface area contributed by atoms with Gasteiger partial charge in [0.15, 0.2) is 17.3 Å². The fourth-order valence-electron chi connectivity index (χ4n) is 4.07. The summed E-state index contributed by atoms with van der Waals surface area (Å²) < 4.78 is 12.8. The molecule has 9 nitrogen and oxygen atoms in total. The summed E-state index contributed by atoms with van der Waals surface area (Å²) in [6.45, 7) is 3.08. The molecule has 3 aromatic rings. The van der Waals surface area contributed by atoms with Gasteiger partial charge in [-0.2, -0.15) is 0 Å². The highest BCUT2D eigenvalue weighted by Gasteiger charge is 2.36. The predicted octanol–water partition coefficient (Wildman–Crippen LogP) is 2.02. The molecule has 1 aromatic carbocycles. The molecule has 1 fully saturated rings. The van der Waals surface area contributed by atoms with Crippen LogP contribution in [0.2, 0.25) is 0 Å². The molecule has 4 heterocycles. The van der Waals surface area contributed by atoms with Crippen molar-refractivity contribution in [3.8, 4) is 17.1 Å². The second-order valence-electron chi connectivity index (χ2n) is 7.27. The number of benzene rings is 1. The van der Waals surface area contributed by atoms with Crippen LogP contribution in [0.15, 0.2) is 34.9 Å². The zero-order valence-corrected chi connectivity index (χ0v) is 16.2. The molecule has 1 N–H and O–H groups in total. The summed E-state index contributed by atoms with van der Waals surface area (Å²) in [4.78, 5) is 15.0. The first-order valence-electron chi connectivity index (χ1n) is 9.79. The zero-order chi connectivity index (χ0) is 19.8. The molecule has 0 spiro atoms. The van der Waals surface area contributed by atoms with E-state index in [1.54, 1.807) is 13.2 Å². The van der Waals surface area contributed by atoms with E-state index in [0.717, 1.165) is 48.9 Å². The van der Waals surface area contributed by atoms with E-state index in [-0.39, 0.29) is 11.9 Å². The van der Waals surface area contributed by atoms with Gasteiger partial charge >= 0.3 is 0 Å². The fraction of sp³-hybridized carbons (Fsp3) is 0.400. The average Bonchev–Trinajstić information content (AvgIpc) is 3.52. The van der Waals surface area contributed by atoms with E-state index in [9.17, 15) is 4.79 Å². The molecule has 9 heteroatoms. The van der Waals surface area contributed by atoms with Crippen LogP contribution in [0, 0.1) is 0 Å². The first-order valence-corrected chi connectivity index (χ1v) is 9.79. The van der Waals surface area contributed by atoms with Gasteiger partial charge in [0.2, 0.25) is 0 Å². The Bertz CT molecular complexity index is 1040. The topological polar surface area (TPSA) is 98.3 Å². The van der Waals surface area contributed by atoms with E-state index < -0.39 is 0 Å². The molecule has 1 atom stereocenters. The minimum absolute atomic E-state index is 0.0844. The molecule has 150 valence electrons. The van der Waals surface area contributed by atoms with Crippen molar-refractivity contribution in [2.45, 2.75) is 32.0 Å². The molecule has 0 saturated carbocycles. The van der Waals surface area contributed by atoms with Crippen molar-refractivity contribution in [2.24, 2.45) is 0 Å². The van der Waals surface area contributed by atoms with Crippen LogP contribution in [0.25, 0.3) is 11.3 Å². The first kappa shape index (κ1) is 17.9. The van der Waals surface area contributed by atoms with Gasteiger partial charge in [0, 0.05) is 31.3 Å². The number of aromatic nitrogens is 4. The number of rotatable bonds is 4. The van der Waals surface area contributed by atoms with Crippen LogP contribution < -0.4 is 10.1 Å². The standard InChI is InChI=1S/C20H22N6O3/c1-28-14-5-2-4-13(10-14)17-11-15(24-29-17)20(27)25-8-3-6-16(25)19-23-22-18-12-21-7-9-26(18)19/h2,4-5,10-11,16,21H,3,6-9,12H2,1H3/t16-/m0/s1. The van der Waals surface area contributed by atoms with E-state index in [1.807, 2.05) is 29.2 Å². The number of likely N-dealkylation sites (tertiary alicyclic amines) is 1. The van der Waals surface area contributed by atoms with Gasteiger partial charge in [-0.25, -0.2) is 0 Å². The lowest BCUT2D eigenvalue weighted by molar-refractivity contribution is 0.0716. The Hall–Kier alpha value is -3.20. The summed E-state index contributed by atoms with van der Waals surface area (Å²) in [5.41, 5.74) is 1.11. The molecule has 1 saturated heterocycles. The lowest BCUT2D eigenvalue weighted by Gasteiger charge is -2.25. The predicted molar refractivity (Wildman–Crippen MR) is 103 cm³/mol. The van der Waals surface area contributed by atoms with Crippen molar-refractivity contribution in [1.29, 1.82) is 0 Å². The van der Waals surface area contributed by atoms with Gasteiger partial charge in [-0.05, 0) is 25.0 Å². The number of nitrogens with zero attached hydrogens (tertiary/aromatic N) is 5. The number of hydrogen-bond donors (Lipinski definition) is 1. The van der Waals surface area contributed by atoms with E-state index in [1.165, 1.54) is 0 Å². The molecule has 2 aliphatic heterocycles. The minimum Gasteiger partial charge on any atom is -0.497 e. The van der Waals surface area contributed by atoms with Crippen LogP contribution in [0.5, 0.6) is 5.75 Å². The first-order chi connectivity index (χ1) is 14.2. The number of fused-ring (bicyclic) bond motifs is 1. The maximum atomic E-state index is 13.2. The SMILES string of the molecule is COc1cccc(-c2cc(C(=O)N3CCC[C@H]3c3nnc4n3CCNC4)no2)c1. The van der Waals surface area contributed by atoms with E-state index >= 15 is 0 Å². The Labute approximate surface area is 167 Å². The number of carbonyl (C=O) groups excluding carboxylic acids is 1. The maximum Gasteiger partial charge on any atom is 0.276 e. The molecule has 2 aromatic heterocycles. The van der Waals surface area contributed by atoms with Crippen LogP contribution in [0.1, 0.15) is 41.0 Å². The lowest BCUT2D eigenvalue weighted by Crippen LogP contribution is -2.34. The van der Waals surface area contributed by atoms with Crippen molar-refractivity contribution in [1.82, 2.24) is 30.1 Å². The number of methoxy groups -OCH3 is 1. The molecule has 0 bridgehead atoms. The average molecular weight is 394 g/mol. The van der Waals surface area contributed by atoms with Crippen LogP contribution in [-0.2, 0) is 13.1 Å². The summed E-state index contributed by atoms with van der Waals surface area (Å²) in [7, 11) is 1.61. The van der Waals surface area contributed by atoms with E-state index in [0.29, 0.717) is 24.5 Å². The van der Waals surface area contributed by atoms with Gasteiger partial charge in [0.05, 0.1) is 19.7 Å². The van der Waals surface area contributed by atoms with Gasteiger partial charge in [0.1, 0.15) is 11.6 Å². The third-order valence-corrected chi connectivity index (χ3v) is 5.55. The van der Waals surface area contributed by atoms with Gasteiger partial charge in [-0.1, -0.05) is 17.3 Å². The molecule has 5 rings (SSSR count). The number of hydrogen-bond acceptors (Lipinski definition) is 7. The fourth-order valence-corrected chi connectivity index (χ4v) is 4.07. The molecule has 0 aliphatic carbocycles. The summed E-state index contributed by atoms with van der Waals surface area (Å²) in [5, 5.41) is 16.0. The third-order valence-electron chi connectivity index (χ3n) is 5.55. The smallest absolute Gasteiger partial charge is 0.276 e. The number of carbonyl (C=O) groups is 1. The van der Waals surface area contributed by atoms with Crippen molar-refractivity contribution < 1.29 is 14.1 Å². The largest absolute Gasteiger partial charge is 0.497 e. The molecule has 0 radical (unpaired) electrons. The summed E-state index contributed by atoms with van der Waals surface area (Å²) in [6.07, 6.45) is 1.80. The second-order valence-corrected chi connectivity index (χ2v) is 7.27. The Morgan fingerprint density at radius 1 is 1.28 bits per heavy atom. The van der Waals surface area contributed by atoms with Crippen molar-refractivity contribution in [2.75, 3.05) is 20.2 Å². The zero-order valence-electron chi connectivity index (χ0n) is 16.2. The monoisotopic (exact) mass is 394 g/mol. The van der Waals surface area contributed by atoms with E-state index in [2.05, 4.69) is 25.2 Å². The van der Waals surface area contributed by atoms with Gasteiger partial charge < -0.3 is 24.0 Å². The number of ether oxygens (including phenoxy) is 1. The van der Waals surface area contributed by atoms with Crippen molar-refractivity contribution in [3.05, 3.63) is 47.7 Å². The van der Waals surface area contributed by atoms with Gasteiger partial charge in [-0.3, -0.25) is 4.79 Å². The molecular formula is C20H22N6O3. The molecule has 1 amide bonds. The minimum atomic E-state index is -0.142. The van der Waals surface area contributed by atoms with Crippen molar-refractivity contribution >= 4 is 5.91 Å². The highest BCUT2D eigenvalue weighted by Crippen LogP contribution is 2.33. The summed E-state index contributed by atoms with van der Waals surface area (Å²) in [5.74, 6) is 2.90. The normalized spacial score (nSPS) is 18.7. The second kappa shape index (κ2) is 7.32. The maximum absolute atomic E-state index is 13.2. The lowest BCUT2D eigenvalue weighted by atomic mass is 10.1. The highest BCUT2D eigenvalue weighted by atomic mass is 16.5. The van der Waals surface area contributed by atoms with Gasteiger partial charge in [0.25, 0.3) is 5.91 Å². The molecule has 0 unspecified atom stereocenters. The third kappa shape index (κ3) is 3.17. The van der Waals surface area contributed by atoms with Crippen LogP contribution in [-0.4, -0.2) is 50.9 Å². The summed E-state index contributed by atoms with van der Waals surface area (Å²) in [6, 6.07) is 9.08. The van der Waals surface area contributed by atoms with Crippen LogP contribution in [0.4, 0.5) is 0 Å². The van der Waals surface area contributed by atoms with Gasteiger partial charge in [-0.15, -0.1) is 10.2 Å². The van der Waals surface area contributed by atoms with Crippen molar-refractivity contribution in [3.63, 3.8) is 0 Å². The van der Waals surface area contributed by atoms with Crippen LogP contribution in [0.3, 0.4) is 0 Å². The Kier molecular flexibility index (Phi) is 4.51. The van der Waals surface area contributed by atoms with Crippen LogP contribution >= 0.6 is 0 Å².